The molecule has 6 heteroatoms. The van der Waals surface area contributed by atoms with E-state index in [0.717, 1.165) is 5.56 Å². The van der Waals surface area contributed by atoms with Crippen LogP contribution in [0, 0.1) is 0 Å². The van der Waals surface area contributed by atoms with E-state index in [1.807, 2.05) is 6.92 Å². The molecule has 1 rings (SSSR count). The Hall–Kier alpha value is -1.27. The van der Waals surface area contributed by atoms with Crippen LogP contribution < -0.4 is 4.74 Å². The second kappa shape index (κ2) is 7.35. The van der Waals surface area contributed by atoms with Gasteiger partial charge >= 0.3 is 6.18 Å². The van der Waals surface area contributed by atoms with Crippen molar-refractivity contribution in [3.8, 4) is 5.75 Å². The lowest BCUT2D eigenvalue weighted by atomic mass is 10.1. The zero-order valence-corrected chi connectivity index (χ0v) is 10.6. The molecule has 1 aromatic rings. The van der Waals surface area contributed by atoms with Crippen molar-refractivity contribution in [1.29, 1.82) is 0 Å². The first-order chi connectivity index (χ1) is 8.92. The van der Waals surface area contributed by atoms with Gasteiger partial charge in [0.25, 0.3) is 0 Å². The lowest BCUT2D eigenvalue weighted by Crippen LogP contribution is -2.19. The van der Waals surface area contributed by atoms with Gasteiger partial charge in [-0.2, -0.15) is 13.2 Å². The average Bonchev–Trinajstić information content (AvgIpc) is 2.37. The minimum Gasteiger partial charge on any atom is -0.491 e. The average molecular weight is 278 g/mol. The summed E-state index contributed by atoms with van der Waals surface area (Å²) in [5.41, 5.74) is 0.781. The number of rotatable bonds is 7. The molecule has 3 nitrogen and oxygen atoms in total. The largest absolute Gasteiger partial charge is 0.491 e. The Bertz CT molecular complexity index is 362. The van der Waals surface area contributed by atoms with Crippen LogP contribution in [0.25, 0.3) is 0 Å². The van der Waals surface area contributed by atoms with E-state index < -0.39 is 18.9 Å². The fraction of sp³-hybridized carbons (Fsp3) is 0.538. The first kappa shape index (κ1) is 15.8. The standard InChI is InChI=1S/C13H17F3O3/c1-2-12(17)10-3-5-11(6-4-10)19-8-7-18-9-13(14,15)16/h3-6,12,17H,2,7-9H2,1H3/t12-/m0/s1. The maximum atomic E-state index is 11.8. The second-order valence-corrected chi connectivity index (χ2v) is 4.01. The summed E-state index contributed by atoms with van der Waals surface area (Å²) in [5, 5.41) is 9.58. The molecule has 1 atom stereocenters. The molecular formula is C13H17F3O3. The zero-order valence-electron chi connectivity index (χ0n) is 10.6. The third-order valence-electron chi connectivity index (χ3n) is 2.41. The molecular weight excluding hydrogens is 261 g/mol. The van der Waals surface area contributed by atoms with E-state index in [2.05, 4.69) is 4.74 Å². The second-order valence-electron chi connectivity index (χ2n) is 4.01. The Morgan fingerprint density at radius 1 is 1.16 bits per heavy atom. The summed E-state index contributed by atoms with van der Waals surface area (Å²) in [6.07, 6.45) is -4.20. The van der Waals surface area contributed by atoms with Crippen LogP contribution in [-0.2, 0) is 4.74 Å². The Morgan fingerprint density at radius 2 is 1.79 bits per heavy atom. The summed E-state index contributed by atoms with van der Waals surface area (Å²) >= 11 is 0. The fourth-order valence-electron chi connectivity index (χ4n) is 1.43. The number of halogens is 3. The van der Waals surface area contributed by atoms with Crippen molar-refractivity contribution in [3.63, 3.8) is 0 Å². The monoisotopic (exact) mass is 278 g/mol. The van der Waals surface area contributed by atoms with Crippen LogP contribution in [0.1, 0.15) is 25.0 Å². The van der Waals surface area contributed by atoms with Gasteiger partial charge < -0.3 is 14.6 Å². The Kier molecular flexibility index (Phi) is 6.11. The third-order valence-corrected chi connectivity index (χ3v) is 2.41. The van der Waals surface area contributed by atoms with Crippen LogP contribution >= 0.6 is 0 Å². The minimum absolute atomic E-state index is 0.0474. The van der Waals surface area contributed by atoms with Gasteiger partial charge in [-0.15, -0.1) is 0 Å². The molecule has 0 bridgehead atoms. The van der Waals surface area contributed by atoms with Gasteiger partial charge in [-0.05, 0) is 24.1 Å². The lowest BCUT2D eigenvalue weighted by Gasteiger charge is -2.11. The van der Waals surface area contributed by atoms with Crippen LogP contribution in [0.2, 0.25) is 0 Å². The predicted molar refractivity (Wildman–Crippen MR) is 64.1 cm³/mol. The van der Waals surface area contributed by atoms with Gasteiger partial charge in [0, 0.05) is 0 Å². The Morgan fingerprint density at radius 3 is 2.32 bits per heavy atom. The van der Waals surface area contributed by atoms with Gasteiger partial charge in [-0.25, -0.2) is 0 Å². The van der Waals surface area contributed by atoms with Crippen LogP contribution in [0.5, 0.6) is 5.75 Å². The highest BCUT2D eigenvalue weighted by atomic mass is 19.4. The van der Waals surface area contributed by atoms with Crippen molar-refractivity contribution >= 4 is 0 Å². The van der Waals surface area contributed by atoms with Crippen LogP contribution in [0.4, 0.5) is 13.2 Å². The van der Waals surface area contributed by atoms with E-state index in [1.54, 1.807) is 24.3 Å². The van der Waals surface area contributed by atoms with Gasteiger partial charge in [0.1, 0.15) is 19.0 Å². The third kappa shape index (κ3) is 6.45. The molecule has 0 aliphatic rings. The van der Waals surface area contributed by atoms with Gasteiger partial charge in [-0.1, -0.05) is 19.1 Å². The smallest absolute Gasteiger partial charge is 0.411 e. The quantitative estimate of drug-likeness (QED) is 0.779. The van der Waals surface area contributed by atoms with E-state index in [-0.39, 0.29) is 13.2 Å². The molecule has 108 valence electrons. The molecule has 0 unspecified atom stereocenters. The molecule has 0 aromatic heterocycles. The van der Waals surface area contributed by atoms with E-state index in [1.165, 1.54) is 0 Å². The molecule has 0 spiro atoms. The van der Waals surface area contributed by atoms with Crippen molar-refractivity contribution < 1.29 is 27.8 Å². The van der Waals surface area contributed by atoms with E-state index in [4.69, 9.17) is 4.74 Å². The first-order valence-electron chi connectivity index (χ1n) is 5.97. The molecule has 0 amide bonds. The van der Waals surface area contributed by atoms with Crippen molar-refractivity contribution in [3.05, 3.63) is 29.8 Å². The van der Waals surface area contributed by atoms with Gasteiger partial charge in [-0.3, -0.25) is 0 Å². The number of alkyl halides is 3. The van der Waals surface area contributed by atoms with Gasteiger partial charge in [0.05, 0.1) is 12.7 Å². The van der Waals surface area contributed by atoms with Crippen molar-refractivity contribution in [1.82, 2.24) is 0 Å². The number of ether oxygens (including phenoxy) is 2. The Labute approximate surface area is 110 Å². The number of aliphatic hydroxyl groups excluding tert-OH is 1. The minimum atomic E-state index is -4.31. The summed E-state index contributed by atoms with van der Waals surface area (Å²) in [5.74, 6) is 0.530. The van der Waals surface area contributed by atoms with Crippen LogP contribution in [-0.4, -0.2) is 31.1 Å². The number of aliphatic hydroxyl groups is 1. The molecule has 0 saturated heterocycles. The first-order valence-corrected chi connectivity index (χ1v) is 5.97. The number of hydrogen-bond acceptors (Lipinski definition) is 3. The number of hydrogen-bond donors (Lipinski definition) is 1. The molecule has 19 heavy (non-hydrogen) atoms. The molecule has 0 heterocycles. The Balaban J connectivity index is 2.27. The van der Waals surface area contributed by atoms with Crippen molar-refractivity contribution in [2.24, 2.45) is 0 Å². The highest BCUT2D eigenvalue weighted by Gasteiger charge is 2.27. The molecule has 1 aromatic carbocycles. The fourth-order valence-corrected chi connectivity index (χ4v) is 1.43. The van der Waals surface area contributed by atoms with Gasteiger partial charge in [0.15, 0.2) is 0 Å². The van der Waals surface area contributed by atoms with Crippen molar-refractivity contribution in [2.75, 3.05) is 19.8 Å². The maximum absolute atomic E-state index is 11.8. The van der Waals surface area contributed by atoms with E-state index >= 15 is 0 Å². The van der Waals surface area contributed by atoms with Crippen molar-refractivity contribution in [2.45, 2.75) is 25.6 Å². The molecule has 0 fully saturated rings. The summed E-state index contributed by atoms with van der Waals surface area (Å²) in [6, 6.07) is 6.77. The summed E-state index contributed by atoms with van der Waals surface area (Å²) in [6.45, 7) is 0.523. The highest BCUT2D eigenvalue weighted by molar-refractivity contribution is 5.28. The zero-order chi connectivity index (χ0) is 14.3. The highest BCUT2D eigenvalue weighted by Crippen LogP contribution is 2.19. The maximum Gasteiger partial charge on any atom is 0.411 e. The predicted octanol–water partition coefficient (Wildman–Crippen LogP) is 3.09. The molecule has 0 saturated carbocycles. The molecule has 0 aliphatic carbocycles. The molecule has 1 N–H and O–H groups in total. The normalized spacial score (nSPS) is 13.3. The summed E-state index contributed by atoms with van der Waals surface area (Å²) < 4.78 is 44.9. The van der Waals surface area contributed by atoms with Crippen LogP contribution in [0.3, 0.4) is 0 Å². The van der Waals surface area contributed by atoms with E-state index in [9.17, 15) is 18.3 Å². The molecule has 0 aliphatic heterocycles. The SMILES string of the molecule is CC[C@H](O)c1ccc(OCCOCC(F)(F)F)cc1. The van der Waals surface area contributed by atoms with Gasteiger partial charge in [0.2, 0.25) is 0 Å². The summed E-state index contributed by atoms with van der Waals surface area (Å²) in [4.78, 5) is 0. The summed E-state index contributed by atoms with van der Waals surface area (Å²) in [7, 11) is 0. The number of benzene rings is 1. The lowest BCUT2D eigenvalue weighted by molar-refractivity contribution is -0.175. The van der Waals surface area contributed by atoms with E-state index in [0.29, 0.717) is 12.2 Å². The molecule has 0 radical (unpaired) electrons. The van der Waals surface area contributed by atoms with Crippen LogP contribution in [0.15, 0.2) is 24.3 Å². The topological polar surface area (TPSA) is 38.7 Å².